The van der Waals surface area contributed by atoms with E-state index in [1.54, 1.807) is 54.5 Å². The summed E-state index contributed by atoms with van der Waals surface area (Å²) in [6.45, 7) is 16.0. The molecule has 2 aliphatic heterocycles. The number of nitrogens with two attached hydrogens (primary N) is 1. The van der Waals surface area contributed by atoms with Gasteiger partial charge in [-0.3, -0.25) is 10.7 Å². The van der Waals surface area contributed by atoms with Gasteiger partial charge in [-0.15, -0.1) is 12.3 Å². The summed E-state index contributed by atoms with van der Waals surface area (Å²) in [6, 6.07) is 41.1. The van der Waals surface area contributed by atoms with Gasteiger partial charge in [-0.05, 0) is 184 Å². The molecular weight excluding hydrogens is 1610 g/mol. The number of carboxylic acid groups (broad SMARTS) is 1. The molecule has 1 fully saturated rings. The Hall–Kier alpha value is -8.58. The maximum atomic E-state index is 12.7. The third-order valence-corrected chi connectivity index (χ3v) is 15.8. The number of rotatable bonds is 14. The van der Waals surface area contributed by atoms with Gasteiger partial charge >= 0.3 is 12.1 Å². The minimum absolute atomic E-state index is 0. The largest absolute Gasteiger partial charge is 0.508 e. The third kappa shape index (κ3) is 37.1. The maximum absolute atomic E-state index is 12.7. The molecule has 0 saturated carbocycles. The number of alkyl carbamates (subject to hydrolysis) is 1. The first-order chi connectivity index (χ1) is 45.8. The maximum Gasteiger partial charge on any atom is 0.406 e. The quantitative estimate of drug-likeness (QED) is 0.0113. The van der Waals surface area contributed by atoms with Gasteiger partial charge in [0, 0.05) is 125 Å². The van der Waals surface area contributed by atoms with E-state index in [-0.39, 0.29) is 227 Å². The molecule has 6 atom stereocenters. The molecule has 1 amide bonds. The van der Waals surface area contributed by atoms with Crippen molar-refractivity contribution < 1.29 is 104 Å². The molecule has 3 heterocycles. The van der Waals surface area contributed by atoms with Crippen LogP contribution in [0.5, 0.6) is 0 Å². The van der Waals surface area contributed by atoms with Crippen LogP contribution in [-0.4, -0.2) is 91.2 Å². The molecule has 4 aliphatic rings. The number of ketones is 1. The van der Waals surface area contributed by atoms with Crippen LogP contribution in [0.2, 0.25) is 0 Å². The van der Waals surface area contributed by atoms with Crippen LogP contribution in [-0.2, 0) is 97.5 Å². The summed E-state index contributed by atoms with van der Waals surface area (Å²) in [7, 11) is 0. The van der Waals surface area contributed by atoms with Crippen LogP contribution in [0.3, 0.4) is 0 Å². The van der Waals surface area contributed by atoms with Gasteiger partial charge in [0.2, 0.25) is 0 Å². The van der Waals surface area contributed by atoms with Crippen molar-refractivity contribution in [2.45, 2.75) is 238 Å². The van der Waals surface area contributed by atoms with Gasteiger partial charge in [-0.25, -0.2) is 9.59 Å². The molecule has 18 nitrogen and oxygen atoms in total. The molecule has 6 unspecified atom stereocenters. The number of hydrogen-bond acceptors (Lipinski definition) is 12. The van der Waals surface area contributed by atoms with E-state index in [9.17, 15) is 24.6 Å². The molecular formula is C94H150N10O8SY2-2. The number of nitrogens with zero attached hydrogens (tertiary/aromatic N) is 6. The first-order valence-electron chi connectivity index (χ1n) is 31.3. The van der Waals surface area contributed by atoms with Crippen molar-refractivity contribution in [1.29, 1.82) is 0 Å². The number of benzene rings is 7. The SMILES string of the molecule is C.C.C.C.C.C.C.C.C.C.C.C.C.C.C.C.C.C.C#CC([CH-]c1cn(Cc2c3ccccc3cc3ccccc23)nn1)C(N)C(C)NC(=S)Nc1ccc(C2=C3C=CC(=O)C=C3OC3C=C(O)C=CC23)c(C(=O)O)c1.C#C[CH-]C(C)NC(=O)OC(C)(C)C.C1CCOC1.CC.[N-]=[N+]=NCc1c2ccccc2cc2ccccc12.[Y].[Y]. The van der Waals surface area contributed by atoms with E-state index in [1.165, 1.54) is 41.8 Å². The van der Waals surface area contributed by atoms with E-state index >= 15 is 0 Å². The molecule has 2 aliphatic carbocycles. The summed E-state index contributed by atoms with van der Waals surface area (Å²) in [6.07, 6.45) is 27.0. The van der Waals surface area contributed by atoms with E-state index in [0.717, 1.165) is 56.7 Å². The second-order valence-electron chi connectivity index (χ2n) is 23.4. The summed E-state index contributed by atoms with van der Waals surface area (Å²) >= 11 is 5.63. The average Bonchev–Trinajstić information content (AvgIpc) is 1.43. The van der Waals surface area contributed by atoms with Gasteiger partial charge in [-0.2, -0.15) is 17.9 Å². The van der Waals surface area contributed by atoms with Gasteiger partial charge in [0.15, 0.2) is 10.9 Å². The Balaban J connectivity index is -0.000000137. The number of allylic oxidation sites excluding steroid dienone is 4. The second-order valence-corrected chi connectivity index (χ2v) is 23.8. The molecule has 2 radical (unpaired) electrons. The molecule has 115 heavy (non-hydrogen) atoms. The Morgan fingerprint density at radius 1 is 0.739 bits per heavy atom. The predicted molar refractivity (Wildman–Crippen MR) is 503 cm³/mol. The van der Waals surface area contributed by atoms with Gasteiger partial charge in [-0.1, -0.05) is 286 Å². The Morgan fingerprint density at radius 2 is 1.23 bits per heavy atom. The smallest absolute Gasteiger partial charge is 0.406 e. The Labute approximate surface area is 755 Å². The van der Waals surface area contributed by atoms with Crippen LogP contribution in [0.4, 0.5) is 10.5 Å². The normalized spacial score (nSPS) is 13.4. The number of terminal acetylenes is 2. The zero-order valence-corrected chi connectivity index (χ0v) is 61.8. The number of aromatic nitrogens is 3. The summed E-state index contributed by atoms with van der Waals surface area (Å²) in [5.41, 5.74) is 19.7. The summed E-state index contributed by atoms with van der Waals surface area (Å²) in [4.78, 5) is 38.9. The van der Waals surface area contributed by atoms with Crippen LogP contribution in [0.15, 0.2) is 192 Å². The molecule has 1 aromatic heterocycles. The molecule has 7 N–H and O–H groups in total. The zero-order chi connectivity index (χ0) is 68.2. The molecule has 0 spiro atoms. The monoisotopic (exact) mass is 1760 g/mol. The fourth-order valence-corrected chi connectivity index (χ4v) is 11.5. The molecule has 12 rings (SSSR count). The van der Waals surface area contributed by atoms with E-state index in [2.05, 4.69) is 109 Å². The van der Waals surface area contributed by atoms with Crippen molar-refractivity contribution in [2.24, 2.45) is 22.7 Å². The third-order valence-electron chi connectivity index (χ3n) is 15.5. The first kappa shape index (κ1) is 136. The molecule has 638 valence electrons. The van der Waals surface area contributed by atoms with Gasteiger partial charge < -0.3 is 57.2 Å². The number of thiocarbonyl (C=S) groups is 1. The number of aromatic carboxylic acids is 1. The number of carboxylic acids is 1. The van der Waals surface area contributed by atoms with Crippen molar-refractivity contribution >= 4 is 89.5 Å². The number of ether oxygens (including phenoxy) is 3. The number of aliphatic hydroxyl groups is 1. The zero-order valence-electron chi connectivity index (χ0n) is 55.3. The van der Waals surface area contributed by atoms with Gasteiger partial charge in [0.1, 0.15) is 23.2 Å². The first-order valence-corrected chi connectivity index (χ1v) is 31.7. The van der Waals surface area contributed by atoms with E-state index in [4.69, 9.17) is 50.5 Å². The fraction of sp³-hybridized carbons (Fsp3) is 0.404. The summed E-state index contributed by atoms with van der Waals surface area (Å²) < 4.78 is 17.8. The number of fused-ring (bicyclic) bond motifs is 6. The van der Waals surface area contributed by atoms with Crippen molar-refractivity contribution in [3.8, 4) is 24.7 Å². The van der Waals surface area contributed by atoms with Crippen molar-refractivity contribution in [1.82, 2.24) is 25.6 Å². The van der Waals surface area contributed by atoms with Crippen molar-refractivity contribution in [3.05, 3.63) is 238 Å². The number of carbonyl (C=O) groups excluding carboxylic acids is 2. The minimum atomic E-state index is -1.16. The van der Waals surface area contributed by atoms with Crippen molar-refractivity contribution in [2.75, 3.05) is 18.5 Å². The summed E-state index contributed by atoms with van der Waals surface area (Å²) in [5.74, 6) is 3.10. The van der Waals surface area contributed by atoms with Crippen molar-refractivity contribution in [3.63, 3.8) is 0 Å². The Kier molecular flexibility index (Phi) is 77.2. The molecule has 0 bridgehead atoms. The van der Waals surface area contributed by atoms with Crippen LogP contribution in [0.1, 0.15) is 228 Å². The number of aliphatic hydroxyl groups excluding tert-OH is 1. The van der Waals surface area contributed by atoms with E-state index < -0.39 is 47.7 Å². The number of anilines is 1. The number of amides is 1. The number of hydrogen-bond donors (Lipinski definition) is 6. The molecule has 8 aromatic rings. The second kappa shape index (κ2) is 65.5. The minimum Gasteiger partial charge on any atom is -0.508 e. The van der Waals surface area contributed by atoms with Crippen LogP contribution in [0.25, 0.3) is 59.1 Å². The Bertz CT molecular complexity index is 4330. The fourth-order valence-electron chi connectivity index (χ4n) is 11.2. The number of azide groups is 1. The van der Waals surface area contributed by atoms with E-state index in [1.807, 2.05) is 103 Å². The molecule has 7 aromatic carbocycles. The average molecular weight is 1760 g/mol. The van der Waals surface area contributed by atoms with Crippen LogP contribution < -0.4 is 21.7 Å². The van der Waals surface area contributed by atoms with Gasteiger partial charge in [0.05, 0.1) is 12.1 Å². The van der Waals surface area contributed by atoms with E-state index in [0.29, 0.717) is 46.9 Å². The van der Waals surface area contributed by atoms with Crippen LogP contribution >= 0.6 is 12.2 Å². The Morgan fingerprint density at radius 3 is 1.67 bits per heavy atom. The molecule has 21 heteroatoms. The number of nitrogens with one attached hydrogen (secondary N) is 3. The predicted octanol–water partition coefficient (Wildman–Crippen LogP) is 26.4. The van der Waals surface area contributed by atoms with Crippen LogP contribution in [0, 0.1) is 49.4 Å². The topological polar surface area (TPSA) is 261 Å². The summed E-state index contributed by atoms with van der Waals surface area (Å²) in [5, 5.41) is 51.4. The molecule has 1 saturated heterocycles. The standard InChI is InChI=1S/C45H37N6O5S.C15H11N3.C10H16NO2.C4H8O.C2H6.18CH4.2Y/c1-3-26(19-30-23-51(50-49-30)24-39-33-10-6-4-8-27(33)18-28-9-5-7-11-34(28)39)43(46)25(2)47-45(57)48-29-12-15-35(38(20-29)44(54)55)42-36-16-13-31(52)21-40(36)56-41-22-32(53)14-17-37(41)42;16-18-17-10-15-13-7-3-1-5-11(13)9-12-6-2-4-8-14(12)15;1-6-7-8(2)11-9(12)13-10(3,4)5;1-2-4-5-3-1;1-2;;;;;;;;;;;;;;;;;;;;/h1,4-23,25-26,36,40,43,52H,24,46H2,2H3,(H,54,55)(H2,47,48,57);1-9H,10H2;1,7-8H,2-5H3,(H,11,12);1-4H2;1-2H3;18*1H4;;/q-1;;-1;;;;;;;;;;;;;;;;;;;;;;. The number of carbonyl (C=O) groups is 3. The van der Waals surface area contributed by atoms with Gasteiger partial charge in [0.25, 0.3) is 0 Å².